The van der Waals surface area contributed by atoms with Gasteiger partial charge in [-0.2, -0.15) is 4.98 Å². The Labute approximate surface area is 164 Å². The number of nitrogens with zero attached hydrogens (tertiary/aromatic N) is 4. The summed E-state index contributed by atoms with van der Waals surface area (Å²) >= 11 is 1.72. The molecule has 3 aromatic rings. The molecule has 0 radical (unpaired) electrons. The molecule has 0 fully saturated rings. The van der Waals surface area contributed by atoms with E-state index in [-0.39, 0.29) is 12.0 Å². The fraction of sp³-hybridized carbons (Fsp3) is 0.550. The van der Waals surface area contributed by atoms with Crippen LogP contribution in [0.15, 0.2) is 28.9 Å². The van der Waals surface area contributed by atoms with E-state index in [0.717, 1.165) is 4.88 Å². The maximum atomic E-state index is 5.98. The van der Waals surface area contributed by atoms with E-state index in [4.69, 9.17) is 9.26 Å². The van der Waals surface area contributed by atoms with Gasteiger partial charge in [-0.1, -0.05) is 25.9 Å². The normalized spacial score (nSPS) is 14.1. The highest BCUT2D eigenvalue weighted by Gasteiger charge is 2.20. The van der Waals surface area contributed by atoms with Gasteiger partial charge in [0.15, 0.2) is 0 Å². The van der Waals surface area contributed by atoms with Crippen molar-refractivity contribution in [2.45, 2.75) is 66.0 Å². The second kappa shape index (κ2) is 8.25. The maximum Gasteiger partial charge on any atom is 0.232 e. The molecule has 0 bridgehead atoms. The van der Waals surface area contributed by atoms with Gasteiger partial charge in [0.1, 0.15) is 6.10 Å². The third kappa shape index (κ3) is 4.77. The summed E-state index contributed by atoms with van der Waals surface area (Å²) in [6.07, 6.45) is 2.60. The van der Waals surface area contributed by atoms with E-state index in [0.29, 0.717) is 36.0 Å². The topological polar surface area (TPSA) is 66.0 Å². The van der Waals surface area contributed by atoms with Crippen LogP contribution in [0, 0.1) is 5.92 Å². The SMILES string of the molecule is CC(C)c1ccc(-c2noc(CC(C)[C@H](C)Oc3ccn(C(C)C)n3)n2)s1. The van der Waals surface area contributed by atoms with Crippen LogP contribution in [0.2, 0.25) is 0 Å². The van der Waals surface area contributed by atoms with E-state index in [9.17, 15) is 0 Å². The van der Waals surface area contributed by atoms with Gasteiger partial charge in [-0.25, -0.2) is 0 Å². The molecule has 0 aliphatic heterocycles. The first-order valence-electron chi connectivity index (χ1n) is 9.48. The predicted molar refractivity (Wildman–Crippen MR) is 107 cm³/mol. The van der Waals surface area contributed by atoms with Gasteiger partial charge in [0.25, 0.3) is 0 Å². The zero-order chi connectivity index (χ0) is 19.6. The van der Waals surface area contributed by atoms with Crippen LogP contribution in [0.3, 0.4) is 0 Å². The third-order valence-electron chi connectivity index (χ3n) is 4.60. The molecule has 0 saturated carbocycles. The van der Waals surface area contributed by atoms with Crippen molar-refractivity contribution in [3.05, 3.63) is 35.2 Å². The fourth-order valence-electron chi connectivity index (χ4n) is 2.64. The van der Waals surface area contributed by atoms with Gasteiger partial charge >= 0.3 is 0 Å². The summed E-state index contributed by atoms with van der Waals surface area (Å²) in [5, 5.41) is 8.59. The minimum atomic E-state index is -0.00913. The molecule has 3 rings (SSSR count). The van der Waals surface area contributed by atoms with Crippen molar-refractivity contribution in [3.63, 3.8) is 0 Å². The Kier molecular flexibility index (Phi) is 5.99. The van der Waals surface area contributed by atoms with Crippen molar-refractivity contribution >= 4 is 11.3 Å². The van der Waals surface area contributed by atoms with Gasteiger partial charge in [-0.3, -0.25) is 4.68 Å². The first-order valence-corrected chi connectivity index (χ1v) is 10.3. The lowest BCUT2D eigenvalue weighted by Crippen LogP contribution is -2.23. The van der Waals surface area contributed by atoms with Gasteiger partial charge in [0.05, 0.1) is 4.88 Å². The summed E-state index contributed by atoms with van der Waals surface area (Å²) < 4.78 is 13.3. The number of hydrogen-bond donors (Lipinski definition) is 0. The largest absolute Gasteiger partial charge is 0.473 e. The molecule has 0 spiro atoms. The summed E-state index contributed by atoms with van der Waals surface area (Å²) in [5.41, 5.74) is 0. The minimum absolute atomic E-state index is 0.00913. The van der Waals surface area contributed by atoms with Gasteiger partial charge in [0.2, 0.25) is 17.6 Å². The molecule has 0 amide bonds. The lowest BCUT2D eigenvalue weighted by molar-refractivity contribution is 0.146. The molecule has 146 valence electrons. The Morgan fingerprint density at radius 1 is 1.11 bits per heavy atom. The van der Waals surface area contributed by atoms with Crippen molar-refractivity contribution in [2.75, 3.05) is 0 Å². The summed E-state index contributed by atoms with van der Waals surface area (Å²) in [6.45, 7) is 12.7. The van der Waals surface area contributed by atoms with Crippen LogP contribution in [0.4, 0.5) is 0 Å². The smallest absolute Gasteiger partial charge is 0.232 e. The zero-order valence-corrected chi connectivity index (χ0v) is 17.7. The molecule has 0 aliphatic rings. The molecule has 0 saturated heterocycles. The van der Waals surface area contributed by atoms with Crippen LogP contribution in [0.5, 0.6) is 5.88 Å². The molecular formula is C20H28N4O2S. The van der Waals surface area contributed by atoms with E-state index in [2.05, 4.69) is 62.0 Å². The zero-order valence-electron chi connectivity index (χ0n) is 16.8. The van der Waals surface area contributed by atoms with Gasteiger partial charge in [-0.15, -0.1) is 16.4 Å². The predicted octanol–water partition coefficient (Wildman–Crippen LogP) is 5.35. The van der Waals surface area contributed by atoms with Crippen LogP contribution in [0.1, 0.15) is 64.3 Å². The number of thiophene rings is 1. The molecule has 3 aromatic heterocycles. The van der Waals surface area contributed by atoms with Crippen LogP contribution >= 0.6 is 11.3 Å². The maximum absolute atomic E-state index is 5.98. The van der Waals surface area contributed by atoms with E-state index < -0.39 is 0 Å². The second-order valence-corrected chi connectivity index (χ2v) is 8.72. The van der Waals surface area contributed by atoms with Crippen molar-refractivity contribution in [1.82, 2.24) is 19.9 Å². The summed E-state index contributed by atoms with van der Waals surface area (Å²) in [5.74, 6) is 2.68. The summed E-state index contributed by atoms with van der Waals surface area (Å²) in [6, 6.07) is 6.42. The lowest BCUT2D eigenvalue weighted by atomic mass is 10.0. The molecule has 6 nitrogen and oxygen atoms in total. The highest BCUT2D eigenvalue weighted by molar-refractivity contribution is 7.15. The summed E-state index contributed by atoms with van der Waals surface area (Å²) in [4.78, 5) is 6.94. The molecular weight excluding hydrogens is 360 g/mol. The van der Waals surface area contributed by atoms with Crippen LogP contribution in [-0.2, 0) is 6.42 Å². The van der Waals surface area contributed by atoms with E-state index >= 15 is 0 Å². The van der Waals surface area contributed by atoms with Crippen LogP contribution in [-0.4, -0.2) is 26.0 Å². The number of rotatable bonds is 8. The first kappa shape index (κ1) is 19.6. The number of hydrogen-bond acceptors (Lipinski definition) is 6. The Hall–Kier alpha value is -2.15. The van der Waals surface area contributed by atoms with Gasteiger partial charge < -0.3 is 9.26 Å². The van der Waals surface area contributed by atoms with Gasteiger partial charge in [-0.05, 0) is 38.8 Å². The molecule has 0 aromatic carbocycles. The Balaban J connectivity index is 1.60. The van der Waals surface area contributed by atoms with E-state index in [1.165, 1.54) is 4.88 Å². The van der Waals surface area contributed by atoms with E-state index in [1.54, 1.807) is 11.3 Å². The first-order chi connectivity index (χ1) is 12.8. The highest BCUT2D eigenvalue weighted by atomic mass is 32.1. The van der Waals surface area contributed by atoms with Crippen molar-refractivity contribution < 1.29 is 9.26 Å². The molecule has 27 heavy (non-hydrogen) atoms. The molecule has 0 aliphatic carbocycles. The quantitative estimate of drug-likeness (QED) is 0.521. The van der Waals surface area contributed by atoms with Crippen molar-refractivity contribution in [1.29, 1.82) is 0 Å². The van der Waals surface area contributed by atoms with Crippen LogP contribution < -0.4 is 4.74 Å². The number of ether oxygens (including phenoxy) is 1. The third-order valence-corrected chi connectivity index (χ3v) is 5.98. The molecule has 1 unspecified atom stereocenters. The Bertz CT molecular complexity index is 865. The van der Waals surface area contributed by atoms with Crippen LogP contribution in [0.25, 0.3) is 10.7 Å². The second-order valence-electron chi connectivity index (χ2n) is 7.60. The fourth-order valence-corrected chi connectivity index (χ4v) is 3.58. The molecule has 0 N–H and O–H groups in total. The monoisotopic (exact) mass is 388 g/mol. The molecule has 7 heteroatoms. The minimum Gasteiger partial charge on any atom is -0.473 e. The average molecular weight is 389 g/mol. The van der Waals surface area contributed by atoms with Gasteiger partial charge in [0, 0.05) is 35.5 Å². The number of aromatic nitrogens is 4. The summed E-state index contributed by atoms with van der Waals surface area (Å²) in [7, 11) is 0. The standard InChI is InChI=1S/C20H28N4O2S/c1-12(2)16-7-8-17(27-16)20-21-19(26-23-20)11-14(5)15(6)25-18-9-10-24(22-18)13(3)4/h7-10,12-15H,11H2,1-6H3/t14?,15-/m0/s1. The Morgan fingerprint density at radius 2 is 1.89 bits per heavy atom. The molecule has 2 atom stereocenters. The average Bonchev–Trinajstić information content (AvgIpc) is 3.34. The molecule has 3 heterocycles. The highest BCUT2D eigenvalue weighted by Crippen LogP contribution is 2.30. The van der Waals surface area contributed by atoms with Crippen molar-refractivity contribution in [3.8, 4) is 16.6 Å². The lowest BCUT2D eigenvalue weighted by Gasteiger charge is -2.18. The van der Waals surface area contributed by atoms with E-state index in [1.807, 2.05) is 23.9 Å². The van der Waals surface area contributed by atoms with Crippen molar-refractivity contribution in [2.24, 2.45) is 5.92 Å². The Morgan fingerprint density at radius 3 is 2.52 bits per heavy atom.